The number of hydrogen-bond donors (Lipinski definition) is 2. The van der Waals surface area contributed by atoms with E-state index in [-0.39, 0.29) is 5.56 Å². The van der Waals surface area contributed by atoms with Gasteiger partial charge in [0.2, 0.25) is 11.8 Å². The summed E-state index contributed by atoms with van der Waals surface area (Å²) in [5.41, 5.74) is 2.20. The van der Waals surface area contributed by atoms with Gasteiger partial charge in [-0.3, -0.25) is 4.79 Å². The van der Waals surface area contributed by atoms with Crippen LogP contribution in [0.1, 0.15) is 34.3 Å². The van der Waals surface area contributed by atoms with Crippen LogP contribution >= 0.6 is 0 Å². The van der Waals surface area contributed by atoms with E-state index in [1.54, 1.807) is 24.4 Å². The van der Waals surface area contributed by atoms with Crippen molar-refractivity contribution < 1.29 is 22.7 Å². The van der Waals surface area contributed by atoms with Crippen molar-refractivity contribution in [3.63, 3.8) is 0 Å². The van der Waals surface area contributed by atoms with Crippen LogP contribution in [0.4, 0.5) is 24.8 Å². The Kier molecular flexibility index (Phi) is 5.95. The zero-order valence-electron chi connectivity index (χ0n) is 19.5. The maximum atomic E-state index is 13.0. The summed E-state index contributed by atoms with van der Waals surface area (Å²) < 4.78 is 44.6. The van der Waals surface area contributed by atoms with Crippen molar-refractivity contribution in [3.8, 4) is 17.1 Å². The quantitative estimate of drug-likeness (QED) is 0.350. The van der Waals surface area contributed by atoms with Crippen LogP contribution in [0, 0.1) is 6.92 Å². The van der Waals surface area contributed by atoms with Gasteiger partial charge in [-0.05, 0) is 61.7 Å². The topological polar surface area (TPSA) is 89.0 Å². The largest absolute Gasteiger partial charge is 0.479 e. The summed E-state index contributed by atoms with van der Waals surface area (Å²) >= 11 is 0. The summed E-state index contributed by atoms with van der Waals surface area (Å²) in [5.74, 6) is 0.207. The highest BCUT2D eigenvalue weighted by molar-refractivity contribution is 6.04. The fourth-order valence-corrected chi connectivity index (χ4v) is 3.79. The molecule has 1 fully saturated rings. The predicted octanol–water partition coefficient (Wildman–Crippen LogP) is 5.85. The van der Waals surface area contributed by atoms with E-state index in [1.807, 2.05) is 13.0 Å². The second-order valence-corrected chi connectivity index (χ2v) is 8.63. The van der Waals surface area contributed by atoms with Crippen molar-refractivity contribution in [1.82, 2.24) is 15.0 Å². The van der Waals surface area contributed by atoms with Gasteiger partial charge in [-0.25, -0.2) is 15.0 Å². The second-order valence-electron chi connectivity index (χ2n) is 8.63. The highest BCUT2D eigenvalue weighted by Crippen LogP contribution is 2.33. The smallest absolute Gasteiger partial charge is 0.416 e. The van der Waals surface area contributed by atoms with Crippen LogP contribution in [0.5, 0.6) is 5.88 Å². The van der Waals surface area contributed by atoms with E-state index in [0.29, 0.717) is 34.8 Å². The minimum atomic E-state index is -4.54. The number of nitrogens with one attached hydrogen (secondary N) is 2. The molecule has 36 heavy (non-hydrogen) atoms. The molecular weight excluding hydrogens is 471 g/mol. The first kappa shape index (κ1) is 23.5. The third-order valence-electron chi connectivity index (χ3n) is 5.86. The number of pyridine rings is 1. The molecule has 10 heteroatoms. The summed E-state index contributed by atoms with van der Waals surface area (Å²) in [4.78, 5) is 26.2. The lowest BCUT2D eigenvalue weighted by atomic mass is 10.0. The molecule has 1 aliphatic rings. The van der Waals surface area contributed by atoms with Crippen LogP contribution in [0.3, 0.4) is 0 Å². The van der Waals surface area contributed by atoms with Crippen LogP contribution in [-0.2, 0) is 6.18 Å². The number of carbonyl (C=O) groups is 1. The number of anilines is 2. The molecule has 0 atom stereocenters. The van der Waals surface area contributed by atoms with Crippen molar-refractivity contribution in [1.29, 1.82) is 0 Å². The molecule has 184 valence electrons. The molecule has 0 unspecified atom stereocenters. The number of fused-ring (bicyclic) bond motifs is 1. The van der Waals surface area contributed by atoms with Gasteiger partial charge in [0.1, 0.15) is 5.52 Å². The first-order valence-corrected chi connectivity index (χ1v) is 11.3. The molecule has 7 nitrogen and oxygen atoms in total. The third kappa shape index (κ3) is 4.93. The SMILES string of the molecule is COc1nc(-c2cc(NC(=O)c3cccc(C(F)(F)F)c3)ccc2C)cc2cnc(NC3CC3)nc12. The van der Waals surface area contributed by atoms with Gasteiger partial charge >= 0.3 is 6.18 Å². The van der Waals surface area contributed by atoms with E-state index in [9.17, 15) is 18.0 Å². The summed E-state index contributed by atoms with van der Waals surface area (Å²) in [5, 5.41) is 6.66. The highest BCUT2D eigenvalue weighted by atomic mass is 19.4. The highest BCUT2D eigenvalue weighted by Gasteiger charge is 2.31. The fraction of sp³-hybridized carbons (Fsp3) is 0.231. The molecule has 4 aromatic rings. The summed E-state index contributed by atoms with van der Waals surface area (Å²) in [6.45, 7) is 1.89. The standard InChI is InChI=1S/C26H22F3N5O2/c1-14-6-7-19(31-23(35)15-4-3-5-17(10-15)26(27,28)29)12-20(14)21-11-16-13-30-25(32-18-8-9-18)34-22(16)24(33-21)36-2/h3-7,10-13,18H,8-9H2,1-2H3,(H,31,35)(H,30,32,34). The Labute approximate surface area is 204 Å². The average Bonchev–Trinajstić information content (AvgIpc) is 3.68. The third-order valence-corrected chi connectivity index (χ3v) is 5.86. The minimum absolute atomic E-state index is 0.0924. The van der Waals surface area contributed by atoms with Crippen LogP contribution < -0.4 is 15.4 Å². The van der Waals surface area contributed by atoms with Crippen LogP contribution in [0.15, 0.2) is 54.7 Å². The number of ether oxygens (including phenoxy) is 1. The number of hydrogen-bond acceptors (Lipinski definition) is 6. The normalized spacial score (nSPS) is 13.5. The van der Waals surface area contributed by atoms with Crippen LogP contribution in [0.2, 0.25) is 0 Å². The van der Waals surface area contributed by atoms with E-state index in [0.717, 1.165) is 41.5 Å². The number of amides is 1. The Morgan fingerprint density at radius 2 is 1.89 bits per heavy atom. The Morgan fingerprint density at radius 1 is 1.08 bits per heavy atom. The van der Waals surface area contributed by atoms with E-state index in [2.05, 4.69) is 25.6 Å². The van der Waals surface area contributed by atoms with Gasteiger partial charge in [0.05, 0.1) is 18.4 Å². The molecule has 0 radical (unpaired) electrons. The average molecular weight is 493 g/mol. The lowest BCUT2D eigenvalue weighted by Crippen LogP contribution is -2.14. The van der Waals surface area contributed by atoms with Gasteiger partial charge in [-0.1, -0.05) is 12.1 Å². The van der Waals surface area contributed by atoms with Gasteiger partial charge in [0.15, 0.2) is 0 Å². The molecule has 2 aromatic carbocycles. The fourth-order valence-electron chi connectivity index (χ4n) is 3.79. The van der Waals surface area contributed by atoms with Crippen molar-refractivity contribution in [2.45, 2.75) is 32.0 Å². The Hall–Kier alpha value is -4.21. The number of benzene rings is 2. The molecule has 5 rings (SSSR count). The van der Waals surface area contributed by atoms with Gasteiger partial charge in [-0.15, -0.1) is 0 Å². The van der Waals surface area contributed by atoms with Gasteiger partial charge in [0, 0.05) is 34.4 Å². The number of halogens is 3. The first-order valence-electron chi connectivity index (χ1n) is 11.3. The molecule has 2 N–H and O–H groups in total. The maximum Gasteiger partial charge on any atom is 0.416 e. The lowest BCUT2D eigenvalue weighted by molar-refractivity contribution is -0.137. The molecular formula is C26H22F3N5O2. The number of carbonyl (C=O) groups excluding carboxylic acids is 1. The Bertz CT molecular complexity index is 1470. The number of nitrogens with zero attached hydrogens (tertiary/aromatic N) is 3. The van der Waals surface area contributed by atoms with Crippen molar-refractivity contribution in [2.24, 2.45) is 0 Å². The molecule has 0 bridgehead atoms. The van der Waals surface area contributed by atoms with Crippen molar-refractivity contribution in [3.05, 3.63) is 71.4 Å². The zero-order chi connectivity index (χ0) is 25.4. The van der Waals surface area contributed by atoms with Crippen LogP contribution in [0.25, 0.3) is 22.2 Å². The van der Waals surface area contributed by atoms with E-state index >= 15 is 0 Å². The van der Waals surface area contributed by atoms with E-state index < -0.39 is 17.6 Å². The molecule has 2 heterocycles. The molecule has 1 aliphatic carbocycles. The lowest BCUT2D eigenvalue weighted by Gasteiger charge is -2.13. The molecule has 1 amide bonds. The Balaban J connectivity index is 1.46. The van der Waals surface area contributed by atoms with Crippen LogP contribution in [-0.4, -0.2) is 34.0 Å². The second kappa shape index (κ2) is 9.10. The number of alkyl halides is 3. The molecule has 0 spiro atoms. The van der Waals surface area contributed by atoms with E-state index in [1.165, 1.54) is 19.2 Å². The Morgan fingerprint density at radius 3 is 2.61 bits per heavy atom. The predicted molar refractivity (Wildman–Crippen MR) is 130 cm³/mol. The number of aryl methyl sites for hydroxylation is 1. The van der Waals surface area contributed by atoms with E-state index in [4.69, 9.17) is 4.74 Å². The molecule has 0 saturated heterocycles. The van der Waals surface area contributed by atoms with Crippen molar-refractivity contribution in [2.75, 3.05) is 17.7 Å². The zero-order valence-corrected chi connectivity index (χ0v) is 19.5. The van der Waals surface area contributed by atoms with Gasteiger partial charge < -0.3 is 15.4 Å². The van der Waals surface area contributed by atoms with Gasteiger partial charge in [-0.2, -0.15) is 13.2 Å². The summed E-state index contributed by atoms with van der Waals surface area (Å²) in [6, 6.07) is 11.7. The monoisotopic (exact) mass is 493 g/mol. The molecule has 2 aromatic heterocycles. The first-order chi connectivity index (χ1) is 17.2. The number of methoxy groups -OCH3 is 1. The summed E-state index contributed by atoms with van der Waals surface area (Å²) in [6.07, 6.45) is -0.646. The van der Waals surface area contributed by atoms with Crippen molar-refractivity contribution >= 4 is 28.4 Å². The minimum Gasteiger partial charge on any atom is -0.479 e. The molecule has 1 saturated carbocycles. The van der Waals surface area contributed by atoms with Gasteiger partial charge in [0.25, 0.3) is 5.91 Å². The summed E-state index contributed by atoms with van der Waals surface area (Å²) in [7, 11) is 1.51. The maximum absolute atomic E-state index is 13.0. The molecule has 0 aliphatic heterocycles. The number of aromatic nitrogens is 3. The number of rotatable bonds is 6.